The van der Waals surface area contributed by atoms with E-state index in [-0.39, 0.29) is 17.4 Å². The number of thiocarbonyl (C=S) groups is 1. The molecule has 4 N–H and O–H groups in total. The van der Waals surface area contributed by atoms with E-state index in [0.29, 0.717) is 31.4 Å². The van der Waals surface area contributed by atoms with Gasteiger partial charge in [-0.15, -0.1) is 0 Å². The lowest BCUT2D eigenvalue weighted by atomic mass is 10.2. The first-order valence-electron chi connectivity index (χ1n) is 11.2. The Balaban J connectivity index is 1.25. The lowest BCUT2D eigenvalue weighted by Gasteiger charge is -2.14. The Morgan fingerprint density at radius 1 is 1.08 bits per heavy atom. The third-order valence-corrected chi connectivity index (χ3v) is 8.50. The number of thiazole rings is 1. The number of sulfonamides is 1. The van der Waals surface area contributed by atoms with Gasteiger partial charge in [-0.1, -0.05) is 53.4 Å². The number of hydrogen-bond acceptors (Lipinski definition) is 10. The van der Waals surface area contributed by atoms with Crippen LogP contribution in [0.4, 0.5) is 10.8 Å². The molecule has 0 atom stereocenters. The molecule has 3 aromatic carbocycles. The molecule has 0 saturated carbocycles. The van der Waals surface area contributed by atoms with Gasteiger partial charge in [0.1, 0.15) is 5.75 Å². The van der Waals surface area contributed by atoms with Crippen molar-refractivity contribution in [1.29, 1.82) is 0 Å². The molecule has 2 amide bonds. The van der Waals surface area contributed by atoms with Gasteiger partial charge in [0.25, 0.3) is 11.8 Å². The first-order valence-corrected chi connectivity index (χ1v) is 14.8. The first kappa shape index (κ1) is 26.8. The predicted octanol–water partition coefficient (Wildman–Crippen LogP) is 4.19. The molecule has 39 heavy (non-hydrogen) atoms. The van der Waals surface area contributed by atoms with Gasteiger partial charge in [-0.3, -0.25) is 15.0 Å². The van der Waals surface area contributed by atoms with Crippen LogP contribution in [-0.2, 0) is 19.6 Å². The summed E-state index contributed by atoms with van der Waals surface area (Å²) in [6.45, 7) is -0.318. The van der Waals surface area contributed by atoms with E-state index >= 15 is 0 Å². The topological polar surface area (TPSA) is 144 Å². The van der Waals surface area contributed by atoms with E-state index in [1.165, 1.54) is 40.6 Å². The van der Waals surface area contributed by atoms with E-state index in [2.05, 4.69) is 15.7 Å². The molecule has 1 aromatic heterocycles. The molecule has 0 radical (unpaired) electrons. The number of thioether (sulfide) groups is 1. The first-order chi connectivity index (χ1) is 18.7. The number of nitrogens with zero attached hydrogens (tertiary/aromatic N) is 2. The van der Waals surface area contributed by atoms with Crippen LogP contribution in [0.25, 0.3) is 16.3 Å². The standard InChI is InChI=1S/C25H19N5O5S4/c26-39(33,34)17-11-9-16(10-12-17)27-22(31)14-35-19-7-3-1-5-15(19)13-21-23(32)30(25(36)38-21)29-24-28-18-6-2-4-8-20(18)37-24/h1-13H,14H2,(H,27,31)(H,28,29)(H2,26,33,34)/b21-13-. The van der Waals surface area contributed by atoms with Gasteiger partial charge in [-0.05, 0) is 60.8 Å². The maximum atomic E-state index is 13.1. The highest BCUT2D eigenvalue weighted by molar-refractivity contribution is 8.26. The number of anilines is 2. The molecule has 0 aliphatic carbocycles. The van der Waals surface area contributed by atoms with Crippen LogP contribution < -0.4 is 20.6 Å². The number of carbonyl (C=O) groups is 2. The third kappa shape index (κ3) is 6.26. The molecule has 1 aliphatic heterocycles. The number of fused-ring (bicyclic) bond motifs is 1. The molecule has 4 aromatic rings. The van der Waals surface area contributed by atoms with Gasteiger partial charge >= 0.3 is 0 Å². The summed E-state index contributed by atoms with van der Waals surface area (Å²) in [7, 11) is -3.83. The molecule has 0 unspecified atom stereocenters. The molecule has 1 fully saturated rings. The zero-order valence-electron chi connectivity index (χ0n) is 19.9. The van der Waals surface area contributed by atoms with Crippen molar-refractivity contribution in [3.8, 4) is 5.75 Å². The summed E-state index contributed by atoms with van der Waals surface area (Å²) in [5.41, 5.74) is 4.79. The molecule has 0 spiro atoms. The Bertz CT molecular complexity index is 1700. The highest BCUT2D eigenvalue weighted by Crippen LogP contribution is 2.35. The Morgan fingerprint density at radius 3 is 2.54 bits per heavy atom. The number of carbonyl (C=O) groups excluding carboxylic acids is 2. The molecule has 2 heterocycles. The fourth-order valence-corrected chi connectivity index (χ4v) is 6.06. The molecule has 10 nitrogen and oxygen atoms in total. The molecule has 1 aliphatic rings. The highest BCUT2D eigenvalue weighted by atomic mass is 32.2. The van der Waals surface area contributed by atoms with E-state index < -0.39 is 15.9 Å². The molecular formula is C25H19N5O5S4. The average Bonchev–Trinajstić information content (AvgIpc) is 3.43. The Kier molecular flexibility index (Phi) is 7.63. The van der Waals surface area contributed by atoms with E-state index in [9.17, 15) is 18.0 Å². The van der Waals surface area contributed by atoms with Crippen molar-refractivity contribution in [3.05, 3.63) is 83.3 Å². The number of nitrogens with one attached hydrogen (secondary N) is 2. The fourth-order valence-electron chi connectivity index (χ4n) is 3.52. The lowest BCUT2D eigenvalue weighted by molar-refractivity contribution is -0.121. The van der Waals surface area contributed by atoms with E-state index in [1.54, 1.807) is 30.3 Å². The number of ether oxygens (including phenoxy) is 1. The van der Waals surface area contributed by atoms with Crippen LogP contribution in [0.2, 0.25) is 0 Å². The summed E-state index contributed by atoms with van der Waals surface area (Å²) >= 11 is 7.97. The van der Waals surface area contributed by atoms with Crippen LogP contribution in [-0.4, -0.2) is 41.2 Å². The number of hydrogen-bond donors (Lipinski definition) is 3. The number of aromatic nitrogens is 1. The minimum Gasteiger partial charge on any atom is -0.483 e. The summed E-state index contributed by atoms with van der Waals surface area (Å²) in [4.78, 5) is 30.3. The number of nitrogens with two attached hydrogens (primary N) is 1. The quantitative estimate of drug-likeness (QED) is 0.201. The van der Waals surface area contributed by atoms with Crippen LogP contribution in [0, 0.1) is 0 Å². The van der Waals surface area contributed by atoms with Gasteiger partial charge in [0, 0.05) is 11.3 Å². The lowest BCUT2D eigenvalue weighted by Crippen LogP contribution is -2.33. The smallest absolute Gasteiger partial charge is 0.285 e. The largest absolute Gasteiger partial charge is 0.483 e. The zero-order valence-corrected chi connectivity index (χ0v) is 23.1. The summed E-state index contributed by atoms with van der Waals surface area (Å²) in [5.74, 6) is -0.402. The minimum absolute atomic E-state index is 0.0635. The second-order valence-corrected chi connectivity index (χ2v) is 12.3. The second-order valence-electron chi connectivity index (χ2n) is 8.06. The van der Waals surface area contributed by atoms with Crippen molar-refractivity contribution < 1.29 is 22.7 Å². The van der Waals surface area contributed by atoms with Gasteiger partial charge in [0.15, 0.2) is 10.9 Å². The van der Waals surface area contributed by atoms with Crippen molar-refractivity contribution in [2.75, 3.05) is 17.3 Å². The van der Waals surface area contributed by atoms with Crippen LogP contribution >= 0.6 is 35.3 Å². The normalized spacial score (nSPS) is 14.7. The Morgan fingerprint density at radius 2 is 1.79 bits per heavy atom. The minimum atomic E-state index is -3.83. The van der Waals surface area contributed by atoms with Crippen LogP contribution in [0.1, 0.15) is 5.56 Å². The molecular weight excluding hydrogens is 579 g/mol. The van der Waals surface area contributed by atoms with E-state index in [0.717, 1.165) is 22.0 Å². The fraction of sp³-hybridized carbons (Fsp3) is 0.0400. The maximum Gasteiger partial charge on any atom is 0.285 e. The van der Waals surface area contributed by atoms with Crippen molar-refractivity contribution in [2.24, 2.45) is 5.14 Å². The van der Waals surface area contributed by atoms with Gasteiger partial charge in [0.05, 0.1) is 20.0 Å². The van der Waals surface area contributed by atoms with Crippen LogP contribution in [0.3, 0.4) is 0 Å². The monoisotopic (exact) mass is 597 g/mol. The van der Waals surface area contributed by atoms with Crippen molar-refractivity contribution in [1.82, 2.24) is 9.99 Å². The number of hydrazine groups is 1. The SMILES string of the molecule is NS(=O)(=O)c1ccc(NC(=O)COc2ccccc2/C=C2\SC(=S)N(Nc3nc4ccccc4s3)C2=O)cc1. The van der Waals surface area contributed by atoms with Crippen molar-refractivity contribution >= 4 is 88.6 Å². The third-order valence-electron chi connectivity index (χ3n) is 5.33. The second kappa shape index (κ2) is 11.1. The molecule has 14 heteroatoms. The van der Waals surface area contributed by atoms with E-state index in [1.807, 2.05) is 24.3 Å². The summed E-state index contributed by atoms with van der Waals surface area (Å²) in [6.07, 6.45) is 1.65. The number of para-hydroxylation sites is 2. The Labute approximate surface area is 236 Å². The van der Waals surface area contributed by atoms with Gasteiger partial charge in [-0.25, -0.2) is 18.5 Å². The van der Waals surface area contributed by atoms with Gasteiger partial charge < -0.3 is 10.1 Å². The summed E-state index contributed by atoms with van der Waals surface area (Å²) < 4.78 is 29.8. The number of primary sulfonamides is 1. The van der Waals surface area contributed by atoms with Crippen molar-refractivity contribution in [2.45, 2.75) is 4.90 Å². The average molecular weight is 598 g/mol. The maximum absolute atomic E-state index is 13.1. The van der Waals surface area contributed by atoms with Gasteiger partial charge in [0.2, 0.25) is 15.2 Å². The van der Waals surface area contributed by atoms with Crippen LogP contribution in [0.5, 0.6) is 5.75 Å². The molecule has 0 bridgehead atoms. The van der Waals surface area contributed by atoms with Gasteiger partial charge in [-0.2, -0.15) is 5.01 Å². The number of amides is 2. The number of rotatable bonds is 8. The molecule has 1 saturated heterocycles. The highest BCUT2D eigenvalue weighted by Gasteiger charge is 2.33. The van der Waals surface area contributed by atoms with Crippen LogP contribution in [0.15, 0.2) is 82.6 Å². The Hall–Kier alpha value is -3.82. The summed E-state index contributed by atoms with van der Waals surface area (Å²) in [6, 6.07) is 20.1. The zero-order chi connectivity index (χ0) is 27.6. The number of benzene rings is 3. The molecule has 198 valence electrons. The van der Waals surface area contributed by atoms with E-state index in [4.69, 9.17) is 22.1 Å². The predicted molar refractivity (Wildman–Crippen MR) is 157 cm³/mol. The molecule has 5 rings (SSSR count). The van der Waals surface area contributed by atoms with Crippen molar-refractivity contribution in [3.63, 3.8) is 0 Å². The summed E-state index contributed by atoms with van der Waals surface area (Å²) in [5, 5.41) is 9.54.